The highest BCUT2D eigenvalue weighted by Crippen LogP contribution is 2.31. The Hall–Kier alpha value is -2.42. The molecule has 126 valence electrons. The van der Waals surface area contributed by atoms with E-state index in [2.05, 4.69) is 15.7 Å². The normalized spacial score (nSPS) is 19.8. The number of imide groups is 1. The maximum atomic E-state index is 12.8. The number of fused-ring (bicyclic) bond motifs is 1. The van der Waals surface area contributed by atoms with Crippen molar-refractivity contribution in [3.05, 3.63) is 16.6 Å². The Balaban J connectivity index is 1.52. The smallest absolute Gasteiger partial charge is 0.322 e. The highest BCUT2D eigenvalue weighted by atomic mass is 32.1. The standard InChI is InChI=1S/C15H17N5O3S/c1-8-9-7-10(24-12(9)19(2)18-8)11(21)20-5-3-15(4-6-20)13(22)16-14(23)17-15/h7H,3-6H2,1-2H3,(H2,16,17,22,23). The molecular weight excluding hydrogens is 330 g/mol. The largest absolute Gasteiger partial charge is 0.338 e. The van der Waals surface area contributed by atoms with Gasteiger partial charge >= 0.3 is 6.03 Å². The predicted octanol–water partition coefficient (Wildman–Crippen LogP) is 0.757. The number of hydrogen-bond acceptors (Lipinski definition) is 5. The summed E-state index contributed by atoms with van der Waals surface area (Å²) in [6.45, 7) is 2.81. The van der Waals surface area contributed by atoms with Crippen LogP contribution in [0.1, 0.15) is 28.2 Å². The minimum atomic E-state index is -0.853. The van der Waals surface area contributed by atoms with E-state index >= 15 is 0 Å². The van der Waals surface area contributed by atoms with Gasteiger partial charge < -0.3 is 10.2 Å². The van der Waals surface area contributed by atoms with Crippen LogP contribution in [0.5, 0.6) is 0 Å². The Bertz CT molecular complexity index is 841. The van der Waals surface area contributed by atoms with Crippen LogP contribution in [0.2, 0.25) is 0 Å². The second kappa shape index (κ2) is 5.04. The molecule has 8 nitrogen and oxygen atoms in total. The zero-order valence-electron chi connectivity index (χ0n) is 13.4. The number of rotatable bonds is 1. The lowest BCUT2D eigenvalue weighted by atomic mass is 9.87. The van der Waals surface area contributed by atoms with Crippen molar-refractivity contribution >= 4 is 39.4 Å². The summed E-state index contributed by atoms with van der Waals surface area (Å²) < 4.78 is 1.79. The maximum Gasteiger partial charge on any atom is 0.322 e. The van der Waals surface area contributed by atoms with E-state index in [4.69, 9.17) is 0 Å². The SMILES string of the molecule is Cc1nn(C)c2sc(C(=O)N3CCC4(CC3)NC(=O)NC4=O)cc12. The molecule has 2 saturated heterocycles. The van der Waals surface area contributed by atoms with Gasteiger partial charge in [-0.3, -0.25) is 19.6 Å². The third kappa shape index (κ3) is 2.11. The van der Waals surface area contributed by atoms with Crippen molar-refractivity contribution in [2.75, 3.05) is 13.1 Å². The van der Waals surface area contributed by atoms with Crippen LogP contribution in [0, 0.1) is 6.92 Å². The molecule has 0 atom stereocenters. The molecule has 1 spiro atoms. The summed E-state index contributed by atoms with van der Waals surface area (Å²) in [5.41, 5.74) is 0.0554. The van der Waals surface area contributed by atoms with E-state index in [-0.39, 0.29) is 11.8 Å². The summed E-state index contributed by atoms with van der Waals surface area (Å²) in [7, 11) is 1.87. The molecular formula is C15H17N5O3S. The first-order valence-electron chi connectivity index (χ1n) is 7.76. The molecule has 4 amide bonds. The zero-order chi connectivity index (χ0) is 17.1. The Labute approximate surface area is 141 Å². The van der Waals surface area contributed by atoms with E-state index in [1.165, 1.54) is 11.3 Å². The summed E-state index contributed by atoms with van der Waals surface area (Å²) >= 11 is 1.43. The van der Waals surface area contributed by atoms with Gasteiger partial charge in [-0.2, -0.15) is 5.10 Å². The Kier molecular flexibility index (Phi) is 3.17. The van der Waals surface area contributed by atoms with Gasteiger partial charge in [0.05, 0.1) is 10.6 Å². The van der Waals surface area contributed by atoms with Gasteiger partial charge in [0, 0.05) is 25.5 Å². The Morgan fingerprint density at radius 3 is 2.62 bits per heavy atom. The summed E-state index contributed by atoms with van der Waals surface area (Å²) in [5, 5.41) is 10.3. The third-order valence-corrected chi connectivity index (χ3v) is 6.02. The molecule has 2 aromatic rings. The number of carbonyl (C=O) groups is 3. The third-order valence-electron chi connectivity index (χ3n) is 4.83. The molecule has 0 aromatic carbocycles. The number of thiophene rings is 1. The molecule has 24 heavy (non-hydrogen) atoms. The molecule has 0 unspecified atom stereocenters. The average Bonchev–Trinajstić information content (AvgIpc) is 3.16. The van der Waals surface area contributed by atoms with Gasteiger partial charge in [0.25, 0.3) is 11.8 Å². The molecule has 0 aliphatic carbocycles. The molecule has 2 fully saturated rings. The molecule has 0 saturated carbocycles. The number of nitrogens with one attached hydrogen (secondary N) is 2. The second-order valence-corrected chi connectivity index (χ2v) is 7.35. The van der Waals surface area contributed by atoms with Gasteiger partial charge in [0.15, 0.2) is 0 Å². The number of likely N-dealkylation sites (tertiary alicyclic amines) is 1. The Morgan fingerprint density at radius 2 is 2.04 bits per heavy atom. The van der Waals surface area contributed by atoms with Gasteiger partial charge in [0.2, 0.25) is 0 Å². The van der Waals surface area contributed by atoms with Crippen molar-refractivity contribution in [3.63, 3.8) is 0 Å². The number of carbonyl (C=O) groups excluding carboxylic acids is 3. The number of piperidine rings is 1. The number of amides is 4. The van der Waals surface area contributed by atoms with E-state index in [1.807, 2.05) is 20.0 Å². The first kappa shape index (κ1) is 15.1. The number of aryl methyl sites for hydroxylation is 2. The first-order chi connectivity index (χ1) is 11.4. The topological polar surface area (TPSA) is 96.3 Å². The fourth-order valence-electron chi connectivity index (χ4n) is 3.44. The van der Waals surface area contributed by atoms with E-state index in [9.17, 15) is 14.4 Å². The van der Waals surface area contributed by atoms with Gasteiger partial charge in [-0.15, -0.1) is 11.3 Å². The zero-order valence-corrected chi connectivity index (χ0v) is 14.2. The number of aromatic nitrogens is 2. The number of nitrogens with zero attached hydrogens (tertiary/aromatic N) is 3. The highest BCUT2D eigenvalue weighted by molar-refractivity contribution is 7.20. The molecule has 0 bridgehead atoms. The van der Waals surface area contributed by atoms with Crippen molar-refractivity contribution in [1.82, 2.24) is 25.3 Å². The highest BCUT2D eigenvalue weighted by Gasteiger charge is 2.48. The fraction of sp³-hybridized carbons (Fsp3) is 0.467. The van der Waals surface area contributed by atoms with Gasteiger partial charge in [-0.05, 0) is 25.8 Å². The molecule has 4 heterocycles. The van der Waals surface area contributed by atoms with Crippen LogP contribution in [0.4, 0.5) is 4.79 Å². The van der Waals surface area contributed by atoms with Crippen LogP contribution in [-0.4, -0.2) is 51.2 Å². The second-order valence-electron chi connectivity index (χ2n) is 6.32. The van der Waals surface area contributed by atoms with E-state index in [0.29, 0.717) is 30.8 Å². The lowest BCUT2D eigenvalue weighted by Gasteiger charge is -2.36. The Morgan fingerprint density at radius 1 is 1.33 bits per heavy atom. The molecule has 0 radical (unpaired) electrons. The molecule has 2 N–H and O–H groups in total. The maximum absolute atomic E-state index is 12.8. The van der Waals surface area contributed by atoms with Crippen LogP contribution in [0.25, 0.3) is 10.2 Å². The van der Waals surface area contributed by atoms with Crippen LogP contribution in [0.3, 0.4) is 0 Å². The van der Waals surface area contributed by atoms with Crippen molar-refractivity contribution in [1.29, 1.82) is 0 Å². The van der Waals surface area contributed by atoms with Crippen molar-refractivity contribution in [2.45, 2.75) is 25.3 Å². The van der Waals surface area contributed by atoms with Crippen molar-refractivity contribution < 1.29 is 14.4 Å². The summed E-state index contributed by atoms with van der Waals surface area (Å²) in [4.78, 5) is 39.5. The van der Waals surface area contributed by atoms with Crippen LogP contribution >= 0.6 is 11.3 Å². The minimum absolute atomic E-state index is 0.0322. The van der Waals surface area contributed by atoms with Crippen molar-refractivity contribution in [3.8, 4) is 0 Å². The minimum Gasteiger partial charge on any atom is -0.338 e. The van der Waals surface area contributed by atoms with Crippen LogP contribution < -0.4 is 10.6 Å². The quantitative estimate of drug-likeness (QED) is 0.744. The van der Waals surface area contributed by atoms with Gasteiger partial charge in [-0.1, -0.05) is 0 Å². The molecule has 4 rings (SSSR count). The molecule has 9 heteroatoms. The number of urea groups is 1. The predicted molar refractivity (Wildman–Crippen MR) is 87.9 cm³/mol. The van der Waals surface area contributed by atoms with E-state index in [1.54, 1.807) is 9.58 Å². The van der Waals surface area contributed by atoms with Crippen molar-refractivity contribution in [2.24, 2.45) is 7.05 Å². The molecule has 2 aliphatic rings. The van der Waals surface area contributed by atoms with E-state index < -0.39 is 11.6 Å². The van der Waals surface area contributed by atoms with Crippen LogP contribution in [-0.2, 0) is 11.8 Å². The summed E-state index contributed by atoms with van der Waals surface area (Å²) in [5.74, 6) is -0.321. The number of hydrogen-bond donors (Lipinski definition) is 2. The van der Waals surface area contributed by atoms with Gasteiger partial charge in [-0.25, -0.2) is 4.79 Å². The summed E-state index contributed by atoms with van der Waals surface area (Å²) in [6.07, 6.45) is 0.865. The average molecular weight is 347 g/mol. The molecule has 2 aliphatic heterocycles. The molecule has 2 aromatic heterocycles. The van der Waals surface area contributed by atoms with Crippen LogP contribution in [0.15, 0.2) is 6.07 Å². The van der Waals surface area contributed by atoms with E-state index in [0.717, 1.165) is 15.9 Å². The van der Waals surface area contributed by atoms with Gasteiger partial charge in [0.1, 0.15) is 10.4 Å². The monoisotopic (exact) mass is 347 g/mol. The summed E-state index contributed by atoms with van der Waals surface area (Å²) in [6, 6.07) is 1.44. The fourth-order valence-corrected chi connectivity index (χ4v) is 4.53. The lowest BCUT2D eigenvalue weighted by Crippen LogP contribution is -2.55. The first-order valence-corrected chi connectivity index (χ1v) is 8.57. The lowest BCUT2D eigenvalue weighted by molar-refractivity contribution is -0.125.